The normalized spacial score (nSPS) is 10.8. The van der Waals surface area contributed by atoms with Crippen molar-refractivity contribution >= 4 is 24.7 Å². The van der Waals surface area contributed by atoms with Gasteiger partial charge in [0, 0.05) is 6.92 Å². The summed E-state index contributed by atoms with van der Waals surface area (Å²) in [6.07, 6.45) is 0. The lowest BCUT2D eigenvalue weighted by Gasteiger charge is -2.01. The van der Waals surface area contributed by atoms with Crippen LogP contribution in [0.2, 0.25) is 0 Å². The van der Waals surface area contributed by atoms with E-state index in [1.165, 1.54) is 0 Å². The van der Waals surface area contributed by atoms with Crippen LogP contribution in [0.15, 0.2) is 5.16 Å². The number of hydrogen-bond donors (Lipinski definition) is 2. The number of carbonyl (C=O) groups is 1. The van der Waals surface area contributed by atoms with E-state index in [-0.39, 0.29) is 6.61 Å². The van der Waals surface area contributed by atoms with E-state index in [1.807, 2.05) is 11.8 Å². The quantitative estimate of drug-likeness (QED) is 0.294. The first kappa shape index (κ1) is 12.0. The molecule has 0 aromatic heterocycles. The van der Waals surface area contributed by atoms with E-state index >= 15 is 0 Å². The van der Waals surface area contributed by atoms with Gasteiger partial charge in [0.15, 0.2) is 0 Å². The summed E-state index contributed by atoms with van der Waals surface area (Å²) in [5, 5.41) is 3.48. The van der Waals surface area contributed by atoms with E-state index in [0.717, 1.165) is 0 Å². The first-order chi connectivity index (χ1) is 6.20. The van der Waals surface area contributed by atoms with Gasteiger partial charge >= 0.3 is 5.97 Å². The largest absolute Gasteiger partial charge is 0.479 e. The maximum atomic E-state index is 10.6. The lowest BCUT2D eigenvalue weighted by atomic mass is 10.7. The summed E-state index contributed by atoms with van der Waals surface area (Å²) in [6.45, 7) is 3.64. The molecule has 0 aliphatic heterocycles. The molecule has 0 atom stereocenters. The molecule has 0 unspecified atom stereocenters. The van der Waals surface area contributed by atoms with Crippen LogP contribution < -0.4 is 4.89 Å². The van der Waals surface area contributed by atoms with Gasteiger partial charge in [-0.05, 0) is 6.92 Å². The summed E-state index contributed by atoms with van der Waals surface area (Å²) in [4.78, 5) is 21.3. The molecule has 0 aliphatic rings. The van der Waals surface area contributed by atoms with Crippen LogP contribution in [0.25, 0.3) is 0 Å². The minimum atomic E-state index is -0.622. The van der Waals surface area contributed by atoms with Crippen molar-refractivity contribution in [3.63, 3.8) is 0 Å². The average Bonchev–Trinajstić information content (AvgIpc) is 2.05. The summed E-state index contributed by atoms with van der Waals surface area (Å²) in [7, 11) is 0. The van der Waals surface area contributed by atoms with Gasteiger partial charge in [-0.2, -0.15) is 0 Å². The number of hydrogen-bond acceptors (Lipinski definition) is 7. The molecule has 0 rings (SSSR count). The van der Waals surface area contributed by atoms with Gasteiger partial charge in [0.05, 0.1) is 6.61 Å². The molecule has 0 aromatic carbocycles. The number of ether oxygens (including phenoxy) is 1. The highest BCUT2D eigenvalue weighted by molar-refractivity contribution is 7.77. The predicted octanol–water partition coefficient (Wildman–Crippen LogP) is 0.266. The van der Waals surface area contributed by atoms with Crippen molar-refractivity contribution < 1.29 is 19.2 Å². The maximum absolute atomic E-state index is 10.6. The molecule has 0 bridgehead atoms. The van der Waals surface area contributed by atoms with Crippen LogP contribution in [0.1, 0.15) is 13.8 Å². The average molecular weight is 208 g/mol. The number of nitrogens with one attached hydrogen (secondary N) is 1. The Morgan fingerprint density at radius 1 is 1.62 bits per heavy atom. The monoisotopic (exact) mass is 208 g/mol. The molecule has 1 N–H and O–H groups in total. The van der Waals surface area contributed by atoms with Crippen molar-refractivity contribution in [2.24, 2.45) is 5.16 Å². The Hall–Kier alpha value is -0.950. The molecule has 6 nitrogen and oxygen atoms in total. The van der Waals surface area contributed by atoms with Gasteiger partial charge in [-0.3, -0.25) is 0 Å². The van der Waals surface area contributed by atoms with E-state index in [4.69, 9.17) is 4.74 Å². The van der Waals surface area contributed by atoms with Gasteiger partial charge in [-0.25, -0.2) is 4.79 Å². The summed E-state index contributed by atoms with van der Waals surface area (Å²) in [6, 6.07) is 0. The van der Waals surface area contributed by atoms with E-state index in [2.05, 4.69) is 27.6 Å². The van der Waals surface area contributed by atoms with Crippen molar-refractivity contribution in [3.8, 4) is 0 Å². The van der Waals surface area contributed by atoms with Crippen LogP contribution in [0, 0.1) is 0 Å². The fourth-order valence-electron chi connectivity index (χ4n) is 0.491. The van der Waals surface area contributed by atoms with Gasteiger partial charge in [0.25, 0.3) is 0 Å². The summed E-state index contributed by atoms with van der Waals surface area (Å²) >= 11 is 3.45. The molecule has 76 valence electrons. The van der Waals surface area contributed by atoms with E-state index in [1.54, 1.807) is 6.92 Å². The van der Waals surface area contributed by atoms with Crippen LogP contribution in [0.3, 0.4) is 0 Å². The Balaban J connectivity index is 3.53. The minimum absolute atomic E-state index is 0.294. The summed E-state index contributed by atoms with van der Waals surface area (Å²) in [5.74, 6) is -0.266. The maximum Gasteiger partial charge on any atom is 0.366 e. The van der Waals surface area contributed by atoms with Crippen LogP contribution in [0.5, 0.6) is 0 Å². The van der Waals surface area contributed by atoms with Crippen LogP contribution in [-0.4, -0.2) is 25.1 Å². The van der Waals surface area contributed by atoms with Crippen molar-refractivity contribution in [2.45, 2.75) is 13.8 Å². The van der Waals surface area contributed by atoms with Crippen molar-refractivity contribution in [1.29, 1.82) is 0 Å². The second kappa shape index (κ2) is 7.69. The number of oxime groups is 1. The van der Waals surface area contributed by atoms with Crippen LogP contribution in [-0.2, 0) is 19.2 Å². The first-order valence-corrected chi connectivity index (χ1v) is 4.03. The third-order valence-corrected chi connectivity index (χ3v) is 0.979. The number of carbonyl (C=O) groups excluding carboxylic acids is 1. The highest BCUT2D eigenvalue weighted by atomic mass is 32.1. The van der Waals surface area contributed by atoms with E-state index < -0.39 is 5.97 Å². The minimum Gasteiger partial charge on any atom is -0.479 e. The molecule has 0 spiro atoms. The van der Waals surface area contributed by atoms with Gasteiger partial charge in [-0.1, -0.05) is 22.9 Å². The number of nitrogens with zero attached hydrogens (tertiary/aromatic N) is 1. The van der Waals surface area contributed by atoms with Gasteiger partial charge in [-0.15, -0.1) is 0 Å². The fourth-order valence-corrected chi connectivity index (χ4v) is 0.593. The first-order valence-electron chi connectivity index (χ1n) is 3.58. The second-order valence-electron chi connectivity index (χ2n) is 1.88. The molecule has 7 heteroatoms. The number of thiol groups is 1. The summed E-state index contributed by atoms with van der Waals surface area (Å²) < 4.78 is 4.93. The van der Waals surface area contributed by atoms with E-state index in [9.17, 15) is 4.79 Å². The molecule has 0 heterocycles. The Bertz CT molecular complexity index is 185. The topological polar surface area (TPSA) is 69.2 Å². The van der Waals surface area contributed by atoms with Gasteiger partial charge < -0.3 is 14.4 Å². The van der Waals surface area contributed by atoms with Crippen molar-refractivity contribution in [1.82, 2.24) is 4.89 Å². The SMILES string of the molecule is CCO/C(C)=N\OCC(=O)ONS. The second-order valence-corrected chi connectivity index (χ2v) is 2.06. The Labute approximate surface area is 81.7 Å². The Kier molecular flexibility index (Phi) is 7.12. The van der Waals surface area contributed by atoms with Gasteiger partial charge in [0.1, 0.15) is 0 Å². The number of rotatable bonds is 5. The smallest absolute Gasteiger partial charge is 0.366 e. The zero-order valence-corrected chi connectivity index (χ0v) is 8.34. The molecule has 0 saturated heterocycles. The third kappa shape index (κ3) is 7.41. The molecule has 0 radical (unpaired) electrons. The Morgan fingerprint density at radius 3 is 2.85 bits per heavy atom. The summed E-state index contributed by atoms with van der Waals surface area (Å²) in [5.41, 5.74) is 0. The standard InChI is InChI=1S/C6H12N2O4S/c1-3-10-5(2)7-11-4-6(9)12-8-13/h8,13H,3-4H2,1-2H3/b7-5-. The third-order valence-electron chi connectivity index (χ3n) is 0.888. The predicted molar refractivity (Wildman–Crippen MR) is 48.9 cm³/mol. The molecular weight excluding hydrogens is 196 g/mol. The van der Waals surface area contributed by atoms with Crippen LogP contribution >= 0.6 is 12.8 Å². The van der Waals surface area contributed by atoms with Crippen LogP contribution in [0.4, 0.5) is 0 Å². The lowest BCUT2D eigenvalue weighted by molar-refractivity contribution is -0.152. The molecule has 0 aromatic rings. The highest BCUT2D eigenvalue weighted by Crippen LogP contribution is 1.85. The Morgan fingerprint density at radius 2 is 2.31 bits per heavy atom. The lowest BCUT2D eigenvalue weighted by Crippen LogP contribution is -2.16. The zero-order valence-electron chi connectivity index (χ0n) is 7.44. The zero-order chi connectivity index (χ0) is 10.1. The molecular formula is C6H12N2O4S. The molecule has 13 heavy (non-hydrogen) atoms. The van der Waals surface area contributed by atoms with Gasteiger partial charge in [0.2, 0.25) is 12.5 Å². The molecule has 0 saturated carbocycles. The van der Waals surface area contributed by atoms with Crippen molar-refractivity contribution in [2.75, 3.05) is 13.2 Å². The molecule has 0 aliphatic carbocycles. The van der Waals surface area contributed by atoms with E-state index in [0.29, 0.717) is 12.5 Å². The molecule has 0 amide bonds. The highest BCUT2D eigenvalue weighted by Gasteiger charge is 2.01. The fraction of sp³-hybridized carbons (Fsp3) is 0.667. The van der Waals surface area contributed by atoms with Crippen molar-refractivity contribution in [3.05, 3.63) is 0 Å². The molecule has 0 fully saturated rings.